The van der Waals surface area contributed by atoms with Gasteiger partial charge in [0.2, 0.25) is 5.91 Å². The number of carbonyl (C=O) groups is 1. The summed E-state index contributed by atoms with van der Waals surface area (Å²) in [6.45, 7) is 0. The highest BCUT2D eigenvalue weighted by Crippen LogP contribution is 2.37. The van der Waals surface area contributed by atoms with E-state index >= 15 is 0 Å². The molecule has 0 saturated carbocycles. The van der Waals surface area contributed by atoms with Gasteiger partial charge in [0.1, 0.15) is 22.6 Å². The zero-order valence-corrected chi connectivity index (χ0v) is 12.6. The molecular formula is C15H12F2N2O3S. The predicted molar refractivity (Wildman–Crippen MR) is 79.2 cm³/mol. The van der Waals surface area contributed by atoms with Gasteiger partial charge < -0.3 is 5.73 Å². The number of primary amides is 1. The first-order valence-electron chi connectivity index (χ1n) is 6.69. The number of halogens is 2. The molecule has 0 aromatic heterocycles. The minimum Gasteiger partial charge on any atom is -0.368 e. The Morgan fingerprint density at radius 1 is 1.17 bits per heavy atom. The van der Waals surface area contributed by atoms with Gasteiger partial charge in [-0.05, 0) is 23.8 Å². The fourth-order valence-electron chi connectivity index (χ4n) is 2.66. The summed E-state index contributed by atoms with van der Waals surface area (Å²) in [6.07, 6.45) is 0.105. The average molecular weight is 338 g/mol. The van der Waals surface area contributed by atoms with Crippen molar-refractivity contribution in [2.24, 2.45) is 5.73 Å². The summed E-state index contributed by atoms with van der Waals surface area (Å²) >= 11 is 0. The van der Waals surface area contributed by atoms with Gasteiger partial charge in [-0.25, -0.2) is 17.2 Å². The summed E-state index contributed by atoms with van der Waals surface area (Å²) in [4.78, 5) is 11.0. The van der Waals surface area contributed by atoms with Gasteiger partial charge in [-0.2, -0.15) is 0 Å². The van der Waals surface area contributed by atoms with Crippen LogP contribution < -0.4 is 10.0 Å². The monoisotopic (exact) mass is 338 g/mol. The Balaban J connectivity index is 2.19. The number of amides is 1. The molecule has 5 nitrogen and oxygen atoms in total. The second-order valence-corrected chi connectivity index (χ2v) is 6.91. The third kappa shape index (κ3) is 2.44. The lowest BCUT2D eigenvalue weighted by Gasteiger charge is -2.25. The van der Waals surface area contributed by atoms with Crippen molar-refractivity contribution < 1.29 is 22.0 Å². The van der Waals surface area contributed by atoms with Crippen LogP contribution in [0.4, 0.5) is 14.5 Å². The minimum atomic E-state index is -4.40. The normalized spacial score (nSPS) is 17.1. The van der Waals surface area contributed by atoms with Crippen LogP contribution in [0.5, 0.6) is 0 Å². The maximum Gasteiger partial charge on any atom is 0.267 e. The number of fused-ring (bicyclic) bond motifs is 1. The molecule has 23 heavy (non-hydrogen) atoms. The molecule has 1 aliphatic rings. The summed E-state index contributed by atoms with van der Waals surface area (Å²) in [7, 11) is -4.40. The molecule has 1 amide bonds. The third-order valence-corrected chi connectivity index (χ3v) is 5.54. The lowest BCUT2D eigenvalue weighted by molar-refractivity contribution is -0.118. The Morgan fingerprint density at radius 3 is 2.52 bits per heavy atom. The van der Waals surface area contributed by atoms with Crippen LogP contribution >= 0.6 is 0 Å². The van der Waals surface area contributed by atoms with Gasteiger partial charge >= 0.3 is 0 Å². The quantitative estimate of drug-likeness (QED) is 0.922. The van der Waals surface area contributed by atoms with Crippen LogP contribution in [0.3, 0.4) is 0 Å². The van der Waals surface area contributed by atoms with Crippen molar-refractivity contribution in [1.82, 2.24) is 0 Å². The lowest BCUT2D eigenvalue weighted by Crippen LogP contribution is -2.46. The second kappa shape index (κ2) is 5.31. The average Bonchev–Trinajstić information content (AvgIpc) is 2.87. The summed E-state index contributed by atoms with van der Waals surface area (Å²) in [6, 6.07) is 7.49. The van der Waals surface area contributed by atoms with E-state index in [0.717, 1.165) is 16.4 Å². The number of carbonyl (C=O) groups excluding carboxylic acids is 1. The molecule has 120 valence electrons. The molecule has 1 atom stereocenters. The molecule has 0 bridgehead atoms. The molecule has 2 aromatic rings. The Kier molecular flexibility index (Phi) is 3.56. The van der Waals surface area contributed by atoms with Crippen molar-refractivity contribution in [3.05, 3.63) is 59.7 Å². The van der Waals surface area contributed by atoms with E-state index in [2.05, 4.69) is 0 Å². The highest BCUT2D eigenvalue weighted by molar-refractivity contribution is 7.93. The Labute approximate surface area is 131 Å². The molecular weight excluding hydrogens is 326 g/mol. The van der Waals surface area contributed by atoms with E-state index in [0.29, 0.717) is 11.6 Å². The number of sulfonamides is 1. The molecule has 2 N–H and O–H groups in total. The zero-order chi connectivity index (χ0) is 16.8. The summed E-state index contributed by atoms with van der Waals surface area (Å²) < 4.78 is 53.4. The molecule has 1 heterocycles. The van der Waals surface area contributed by atoms with E-state index in [1.165, 1.54) is 6.07 Å². The first kappa shape index (κ1) is 15.4. The molecule has 2 aromatic carbocycles. The van der Waals surface area contributed by atoms with E-state index in [4.69, 9.17) is 5.73 Å². The van der Waals surface area contributed by atoms with Crippen LogP contribution in [-0.2, 0) is 21.2 Å². The molecule has 0 saturated heterocycles. The lowest BCUT2D eigenvalue weighted by atomic mass is 10.1. The second-order valence-electron chi connectivity index (χ2n) is 5.13. The SMILES string of the molecule is NC(=O)C1Cc2ccccc2N1S(=O)(=O)c1ccc(F)cc1F. The molecule has 3 rings (SSSR count). The zero-order valence-electron chi connectivity index (χ0n) is 11.7. The van der Waals surface area contributed by atoms with Gasteiger partial charge in [0, 0.05) is 12.5 Å². The predicted octanol–water partition coefficient (Wildman–Crippen LogP) is 1.57. The summed E-state index contributed by atoms with van der Waals surface area (Å²) in [5, 5.41) is 0. The molecule has 1 aliphatic heterocycles. The standard InChI is InChI=1S/C15H12F2N2O3S/c16-10-5-6-14(11(17)8-10)23(21,22)19-12-4-2-1-3-9(12)7-13(19)15(18)20/h1-6,8,13H,7H2,(H2,18,20). The number of nitrogens with zero attached hydrogens (tertiary/aromatic N) is 1. The minimum absolute atomic E-state index is 0.105. The first-order valence-corrected chi connectivity index (χ1v) is 8.13. The summed E-state index contributed by atoms with van der Waals surface area (Å²) in [5.41, 5.74) is 6.18. The van der Waals surface area contributed by atoms with Crippen molar-refractivity contribution in [3.63, 3.8) is 0 Å². The van der Waals surface area contributed by atoms with Gasteiger partial charge in [-0.1, -0.05) is 18.2 Å². The van der Waals surface area contributed by atoms with E-state index in [9.17, 15) is 22.0 Å². The van der Waals surface area contributed by atoms with E-state index in [1.54, 1.807) is 18.2 Å². The summed E-state index contributed by atoms with van der Waals surface area (Å²) in [5.74, 6) is -2.96. The fourth-order valence-corrected chi connectivity index (χ4v) is 4.37. The fraction of sp³-hybridized carbons (Fsp3) is 0.133. The van der Waals surface area contributed by atoms with Crippen molar-refractivity contribution in [1.29, 1.82) is 0 Å². The number of hydrogen-bond acceptors (Lipinski definition) is 3. The van der Waals surface area contributed by atoms with E-state index in [-0.39, 0.29) is 12.1 Å². The smallest absolute Gasteiger partial charge is 0.267 e. The Bertz CT molecular complexity index is 899. The van der Waals surface area contributed by atoms with Gasteiger partial charge in [0.25, 0.3) is 10.0 Å². The van der Waals surface area contributed by atoms with Crippen molar-refractivity contribution in [2.75, 3.05) is 4.31 Å². The van der Waals surface area contributed by atoms with Crippen LogP contribution in [-0.4, -0.2) is 20.4 Å². The molecule has 8 heteroatoms. The Hall–Kier alpha value is -2.48. The van der Waals surface area contributed by atoms with Gasteiger partial charge in [0.05, 0.1) is 5.69 Å². The van der Waals surface area contributed by atoms with Gasteiger partial charge in [-0.15, -0.1) is 0 Å². The van der Waals surface area contributed by atoms with Crippen molar-refractivity contribution >= 4 is 21.6 Å². The number of benzene rings is 2. The number of anilines is 1. The molecule has 0 aliphatic carbocycles. The molecule has 0 radical (unpaired) electrons. The van der Waals surface area contributed by atoms with Crippen LogP contribution in [0.25, 0.3) is 0 Å². The number of para-hydroxylation sites is 1. The number of hydrogen-bond donors (Lipinski definition) is 1. The molecule has 0 fully saturated rings. The van der Waals surface area contributed by atoms with Crippen molar-refractivity contribution in [3.8, 4) is 0 Å². The molecule has 1 unspecified atom stereocenters. The number of nitrogens with two attached hydrogens (primary N) is 1. The third-order valence-electron chi connectivity index (χ3n) is 3.68. The van der Waals surface area contributed by atoms with Gasteiger partial charge in [-0.3, -0.25) is 9.10 Å². The molecule has 0 spiro atoms. The van der Waals surface area contributed by atoms with Crippen LogP contribution in [0.1, 0.15) is 5.56 Å². The highest BCUT2D eigenvalue weighted by atomic mass is 32.2. The van der Waals surface area contributed by atoms with Crippen molar-refractivity contribution in [2.45, 2.75) is 17.4 Å². The van der Waals surface area contributed by atoms with Crippen LogP contribution in [0.2, 0.25) is 0 Å². The first-order chi connectivity index (χ1) is 10.8. The maximum atomic E-state index is 13.9. The van der Waals surface area contributed by atoms with Crippen LogP contribution in [0, 0.1) is 11.6 Å². The van der Waals surface area contributed by atoms with E-state index < -0.39 is 38.5 Å². The maximum absolute atomic E-state index is 13.9. The van der Waals surface area contributed by atoms with E-state index in [1.807, 2.05) is 0 Å². The Morgan fingerprint density at radius 2 is 1.87 bits per heavy atom. The highest BCUT2D eigenvalue weighted by Gasteiger charge is 2.42. The number of rotatable bonds is 3. The van der Waals surface area contributed by atoms with Gasteiger partial charge in [0.15, 0.2) is 0 Å². The topological polar surface area (TPSA) is 80.5 Å². The largest absolute Gasteiger partial charge is 0.368 e. The van der Waals surface area contributed by atoms with Crippen LogP contribution in [0.15, 0.2) is 47.4 Å².